The number of esters is 1. The predicted octanol–water partition coefficient (Wildman–Crippen LogP) is 2.59. The third kappa shape index (κ3) is 3.98. The van der Waals surface area contributed by atoms with Crippen molar-refractivity contribution in [3.63, 3.8) is 0 Å². The second kappa shape index (κ2) is 9.04. The van der Waals surface area contributed by atoms with Crippen LogP contribution in [0.5, 0.6) is 0 Å². The number of nitrogens with zero attached hydrogens (tertiary/aromatic N) is 3. The van der Waals surface area contributed by atoms with Crippen LogP contribution in [0.2, 0.25) is 0 Å². The molecule has 1 aromatic carbocycles. The summed E-state index contributed by atoms with van der Waals surface area (Å²) in [5.74, 6) is -4.59. The maximum atomic E-state index is 14.8. The Kier molecular flexibility index (Phi) is 6.06. The van der Waals surface area contributed by atoms with Gasteiger partial charge in [0.05, 0.1) is 32.1 Å². The highest BCUT2D eigenvalue weighted by atomic mass is 19.2. The number of pyridine rings is 1. The monoisotopic (exact) mass is 490 g/mol. The van der Waals surface area contributed by atoms with Gasteiger partial charge >= 0.3 is 5.97 Å². The Balaban J connectivity index is 1.73. The Morgan fingerprint density at radius 1 is 1.20 bits per heavy atom. The number of methoxy groups -OCH3 is 1. The minimum atomic E-state index is -1.47. The van der Waals surface area contributed by atoms with E-state index in [9.17, 15) is 22.4 Å². The summed E-state index contributed by atoms with van der Waals surface area (Å²) in [6, 6.07) is 3.04. The molecular weight excluding hydrogens is 468 g/mol. The number of rotatable bonds is 4. The summed E-state index contributed by atoms with van der Waals surface area (Å²) < 4.78 is 67.6. The molecule has 1 fully saturated rings. The normalized spacial score (nSPS) is 22.1. The van der Waals surface area contributed by atoms with Crippen LogP contribution in [0.3, 0.4) is 0 Å². The molecular formula is C24H22F4N4O3. The maximum absolute atomic E-state index is 14.8. The fraction of sp³-hybridized carbons (Fsp3) is 0.375. The molecule has 2 aliphatic heterocycles. The Bertz CT molecular complexity index is 1260. The molecule has 1 atom stereocenters. The van der Waals surface area contributed by atoms with E-state index in [1.54, 1.807) is 0 Å². The quantitative estimate of drug-likeness (QED) is 0.525. The van der Waals surface area contributed by atoms with Crippen LogP contribution in [0, 0.1) is 23.3 Å². The molecule has 1 aromatic heterocycles. The minimum absolute atomic E-state index is 0.0454. The Hall–Kier alpha value is -3.31. The lowest BCUT2D eigenvalue weighted by molar-refractivity contribution is -0.137. The largest absolute Gasteiger partial charge is 0.466 e. The number of fused-ring (bicyclic) bond motifs is 2. The lowest BCUT2D eigenvalue weighted by Gasteiger charge is -2.37. The zero-order valence-corrected chi connectivity index (χ0v) is 18.8. The lowest BCUT2D eigenvalue weighted by atomic mass is 9.81. The summed E-state index contributed by atoms with van der Waals surface area (Å²) in [5.41, 5.74) is -0.853. The highest BCUT2D eigenvalue weighted by molar-refractivity contribution is 6.03. The number of carbonyl (C=O) groups excluding carboxylic acids is 1. The van der Waals surface area contributed by atoms with Crippen LogP contribution in [0.25, 0.3) is 0 Å². The molecule has 1 spiro atoms. The number of nitrogens with one attached hydrogen (secondary N) is 1. The number of aliphatic imine (C=N–C) groups is 1. The number of morpholine rings is 1. The smallest absolute Gasteiger partial charge is 0.338 e. The fourth-order valence-corrected chi connectivity index (χ4v) is 4.97. The van der Waals surface area contributed by atoms with E-state index in [-0.39, 0.29) is 47.6 Å². The highest BCUT2D eigenvalue weighted by Crippen LogP contribution is 2.49. The second-order valence-corrected chi connectivity index (χ2v) is 8.55. The van der Waals surface area contributed by atoms with Crippen LogP contribution in [0.1, 0.15) is 23.2 Å². The van der Waals surface area contributed by atoms with Gasteiger partial charge < -0.3 is 14.8 Å². The molecule has 184 valence electrons. The zero-order valence-electron chi connectivity index (χ0n) is 18.8. The van der Waals surface area contributed by atoms with Gasteiger partial charge in [-0.15, -0.1) is 0 Å². The summed E-state index contributed by atoms with van der Waals surface area (Å²) in [7, 11) is 1.22. The SMILES string of the molecule is COC(=O)C1=C(CN2CCOCC2)NC(c2ncc(F)cc2F)=NC12CCc1c2ccc(F)c1F. The van der Waals surface area contributed by atoms with Crippen molar-refractivity contribution in [1.82, 2.24) is 15.2 Å². The van der Waals surface area contributed by atoms with Crippen LogP contribution in [-0.4, -0.2) is 61.6 Å². The maximum Gasteiger partial charge on any atom is 0.338 e. The van der Waals surface area contributed by atoms with E-state index in [4.69, 9.17) is 9.47 Å². The number of hydrogen-bond acceptors (Lipinski definition) is 7. The number of carbonyl (C=O) groups is 1. The van der Waals surface area contributed by atoms with Crippen molar-refractivity contribution in [1.29, 1.82) is 0 Å². The molecule has 3 aliphatic rings. The van der Waals surface area contributed by atoms with Gasteiger partial charge in [-0.1, -0.05) is 6.07 Å². The summed E-state index contributed by atoms with van der Waals surface area (Å²) >= 11 is 0. The van der Waals surface area contributed by atoms with Gasteiger partial charge in [0.1, 0.15) is 17.1 Å². The highest BCUT2D eigenvalue weighted by Gasteiger charge is 2.50. The molecule has 35 heavy (non-hydrogen) atoms. The van der Waals surface area contributed by atoms with Gasteiger partial charge in [-0.2, -0.15) is 0 Å². The van der Waals surface area contributed by atoms with E-state index in [1.807, 2.05) is 4.90 Å². The van der Waals surface area contributed by atoms with Crippen LogP contribution in [0.15, 0.2) is 40.7 Å². The summed E-state index contributed by atoms with van der Waals surface area (Å²) in [6.45, 7) is 2.39. The first kappa shape index (κ1) is 23.4. The van der Waals surface area contributed by atoms with E-state index in [0.717, 1.165) is 12.3 Å². The molecule has 1 unspecified atom stereocenters. The van der Waals surface area contributed by atoms with Crippen LogP contribution < -0.4 is 5.32 Å². The molecule has 5 rings (SSSR count). The van der Waals surface area contributed by atoms with Gasteiger partial charge in [0, 0.05) is 31.4 Å². The van der Waals surface area contributed by atoms with Gasteiger partial charge in [-0.25, -0.2) is 32.3 Å². The van der Waals surface area contributed by atoms with Gasteiger partial charge in [-0.3, -0.25) is 4.90 Å². The molecule has 2 aromatic rings. The number of amidine groups is 1. The van der Waals surface area contributed by atoms with Gasteiger partial charge in [0.2, 0.25) is 0 Å². The fourth-order valence-electron chi connectivity index (χ4n) is 4.97. The van der Waals surface area contributed by atoms with Crippen LogP contribution in [0.4, 0.5) is 17.6 Å². The topological polar surface area (TPSA) is 76.0 Å². The molecule has 1 saturated heterocycles. The number of halogens is 4. The van der Waals surface area contributed by atoms with Crippen molar-refractivity contribution >= 4 is 11.8 Å². The molecule has 0 amide bonds. The molecule has 3 heterocycles. The third-order valence-electron chi connectivity index (χ3n) is 6.57. The summed E-state index contributed by atoms with van der Waals surface area (Å²) in [5, 5.41) is 3.00. The third-order valence-corrected chi connectivity index (χ3v) is 6.57. The molecule has 0 bridgehead atoms. The predicted molar refractivity (Wildman–Crippen MR) is 116 cm³/mol. The Morgan fingerprint density at radius 2 is 1.97 bits per heavy atom. The molecule has 11 heteroatoms. The van der Waals surface area contributed by atoms with Crippen molar-refractivity contribution in [3.05, 3.63) is 75.8 Å². The average Bonchev–Trinajstić information content (AvgIpc) is 3.20. The van der Waals surface area contributed by atoms with Crippen molar-refractivity contribution in [3.8, 4) is 0 Å². The molecule has 0 radical (unpaired) electrons. The van der Waals surface area contributed by atoms with Crippen molar-refractivity contribution in [2.24, 2.45) is 4.99 Å². The number of hydrogen-bond donors (Lipinski definition) is 1. The summed E-state index contributed by atoms with van der Waals surface area (Å²) in [6.07, 6.45) is 1.07. The Morgan fingerprint density at radius 3 is 2.69 bits per heavy atom. The number of ether oxygens (including phenoxy) is 2. The first-order valence-electron chi connectivity index (χ1n) is 11.1. The number of aromatic nitrogens is 1. The van der Waals surface area contributed by atoms with Gasteiger partial charge in [-0.05, 0) is 30.0 Å². The van der Waals surface area contributed by atoms with E-state index >= 15 is 0 Å². The van der Waals surface area contributed by atoms with Crippen LogP contribution >= 0.6 is 0 Å². The molecule has 1 N–H and O–H groups in total. The van der Waals surface area contributed by atoms with Gasteiger partial charge in [0.25, 0.3) is 0 Å². The lowest BCUT2D eigenvalue weighted by Crippen LogP contribution is -2.47. The molecule has 1 aliphatic carbocycles. The number of benzene rings is 1. The molecule has 0 saturated carbocycles. The van der Waals surface area contributed by atoms with E-state index in [2.05, 4.69) is 15.3 Å². The first-order valence-corrected chi connectivity index (χ1v) is 11.1. The average molecular weight is 490 g/mol. The van der Waals surface area contributed by atoms with Gasteiger partial charge in [0.15, 0.2) is 23.3 Å². The minimum Gasteiger partial charge on any atom is -0.466 e. The van der Waals surface area contributed by atoms with E-state index in [1.165, 1.54) is 13.2 Å². The van der Waals surface area contributed by atoms with Crippen molar-refractivity contribution in [2.45, 2.75) is 18.4 Å². The first-order chi connectivity index (χ1) is 16.8. The Labute approximate surface area is 198 Å². The van der Waals surface area contributed by atoms with Crippen molar-refractivity contribution < 1.29 is 31.8 Å². The summed E-state index contributed by atoms with van der Waals surface area (Å²) in [4.78, 5) is 23.7. The zero-order chi connectivity index (χ0) is 24.7. The van der Waals surface area contributed by atoms with E-state index < -0.39 is 34.8 Å². The van der Waals surface area contributed by atoms with Crippen LogP contribution in [-0.2, 0) is 26.2 Å². The van der Waals surface area contributed by atoms with Crippen molar-refractivity contribution in [2.75, 3.05) is 40.0 Å². The standard InChI is InChI=1S/C24H22F4N4O3/c1-34-23(33)19-18(12-32-6-8-35-9-7-32)30-22(21-17(27)10-13(25)11-29-21)31-24(19)5-4-14-15(24)2-3-16(26)20(14)28/h2-3,10-11H,4-9,12H2,1H3,(H,30,31). The molecule has 7 nitrogen and oxygen atoms in total. The second-order valence-electron chi connectivity index (χ2n) is 8.55. The van der Waals surface area contributed by atoms with E-state index in [0.29, 0.717) is 38.1 Å².